The third-order valence-corrected chi connectivity index (χ3v) is 3.70. The van der Waals surface area contributed by atoms with Crippen LogP contribution in [0.25, 0.3) is 0 Å². The third-order valence-electron chi connectivity index (χ3n) is 3.21. The first-order valence-electron chi connectivity index (χ1n) is 5.31. The van der Waals surface area contributed by atoms with Gasteiger partial charge in [0.05, 0.1) is 7.11 Å². The van der Waals surface area contributed by atoms with Crippen molar-refractivity contribution in [1.29, 1.82) is 0 Å². The highest BCUT2D eigenvalue weighted by Gasteiger charge is 2.27. The van der Waals surface area contributed by atoms with Crippen LogP contribution in [0.15, 0.2) is 22.7 Å². The van der Waals surface area contributed by atoms with Gasteiger partial charge in [-0.25, -0.2) is 0 Å². The lowest BCUT2D eigenvalue weighted by atomic mass is 9.77. The maximum absolute atomic E-state index is 6.24. The van der Waals surface area contributed by atoms with Gasteiger partial charge in [-0.15, -0.1) is 12.4 Å². The Labute approximate surface area is 111 Å². The molecule has 1 aromatic rings. The molecule has 4 heteroatoms. The van der Waals surface area contributed by atoms with E-state index in [2.05, 4.69) is 22.0 Å². The van der Waals surface area contributed by atoms with Gasteiger partial charge in [-0.05, 0) is 37.0 Å². The van der Waals surface area contributed by atoms with E-state index in [4.69, 9.17) is 10.5 Å². The van der Waals surface area contributed by atoms with E-state index < -0.39 is 0 Å². The molecule has 0 heterocycles. The van der Waals surface area contributed by atoms with Crippen LogP contribution in [0.2, 0.25) is 0 Å². The number of methoxy groups -OCH3 is 1. The van der Waals surface area contributed by atoms with Crippen LogP contribution in [0.1, 0.15) is 30.9 Å². The second-order valence-electron chi connectivity index (χ2n) is 4.10. The summed E-state index contributed by atoms with van der Waals surface area (Å²) in [6.45, 7) is 0. The minimum atomic E-state index is 0. The van der Waals surface area contributed by atoms with Gasteiger partial charge in [0.1, 0.15) is 5.75 Å². The van der Waals surface area contributed by atoms with Crippen LogP contribution in [-0.2, 0) is 0 Å². The van der Waals surface area contributed by atoms with E-state index in [0.29, 0.717) is 5.92 Å². The van der Waals surface area contributed by atoms with Crippen molar-refractivity contribution in [3.8, 4) is 5.75 Å². The Hall–Kier alpha value is -0.250. The van der Waals surface area contributed by atoms with Crippen molar-refractivity contribution in [2.45, 2.75) is 25.3 Å². The smallest absolute Gasteiger partial charge is 0.123 e. The fourth-order valence-corrected chi connectivity index (χ4v) is 2.40. The monoisotopic (exact) mass is 305 g/mol. The first kappa shape index (κ1) is 13.8. The number of nitrogens with two attached hydrogens (primary N) is 1. The number of benzene rings is 1. The summed E-state index contributed by atoms with van der Waals surface area (Å²) in [6, 6.07) is 6.14. The normalized spacial score (nSPS) is 17.2. The molecular formula is C12H17BrClNO. The Balaban J connectivity index is 0.00000128. The van der Waals surface area contributed by atoms with Crippen LogP contribution in [-0.4, -0.2) is 7.11 Å². The molecule has 0 aromatic heterocycles. The van der Waals surface area contributed by atoms with E-state index in [-0.39, 0.29) is 18.4 Å². The van der Waals surface area contributed by atoms with E-state index in [1.54, 1.807) is 7.11 Å². The fraction of sp³-hybridized carbons (Fsp3) is 0.500. The minimum absolute atomic E-state index is 0. The molecule has 1 aliphatic rings. The van der Waals surface area contributed by atoms with E-state index in [1.165, 1.54) is 19.3 Å². The van der Waals surface area contributed by atoms with Crippen molar-refractivity contribution >= 4 is 28.3 Å². The molecule has 0 amide bonds. The Morgan fingerprint density at radius 2 is 2.12 bits per heavy atom. The first-order valence-corrected chi connectivity index (χ1v) is 6.10. The SMILES string of the molecule is COc1ccc(Br)cc1[C@@H](N)C1CCC1.Cl. The molecule has 1 aliphatic carbocycles. The van der Waals surface area contributed by atoms with E-state index in [1.807, 2.05) is 12.1 Å². The predicted octanol–water partition coefficient (Wildman–Crippen LogP) is 3.68. The molecule has 0 unspecified atom stereocenters. The zero-order chi connectivity index (χ0) is 10.8. The molecule has 0 aliphatic heterocycles. The van der Waals surface area contributed by atoms with Crippen molar-refractivity contribution in [2.75, 3.05) is 7.11 Å². The van der Waals surface area contributed by atoms with Gasteiger partial charge < -0.3 is 10.5 Å². The molecule has 90 valence electrons. The largest absolute Gasteiger partial charge is 0.496 e. The van der Waals surface area contributed by atoms with Gasteiger partial charge >= 0.3 is 0 Å². The van der Waals surface area contributed by atoms with Gasteiger partial charge in [-0.3, -0.25) is 0 Å². The number of hydrogen-bond acceptors (Lipinski definition) is 2. The average Bonchev–Trinajstić information content (AvgIpc) is 2.15. The topological polar surface area (TPSA) is 35.2 Å². The molecule has 0 spiro atoms. The van der Waals surface area contributed by atoms with Crippen LogP contribution < -0.4 is 10.5 Å². The summed E-state index contributed by atoms with van der Waals surface area (Å²) < 4.78 is 6.40. The molecular weight excluding hydrogens is 289 g/mol. The summed E-state index contributed by atoms with van der Waals surface area (Å²) >= 11 is 3.47. The average molecular weight is 307 g/mol. The zero-order valence-corrected chi connectivity index (χ0v) is 11.7. The summed E-state index contributed by atoms with van der Waals surface area (Å²) in [5, 5.41) is 0. The van der Waals surface area contributed by atoms with Crippen LogP contribution in [0, 0.1) is 5.92 Å². The summed E-state index contributed by atoms with van der Waals surface area (Å²) in [6.07, 6.45) is 3.81. The molecule has 2 nitrogen and oxygen atoms in total. The maximum Gasteiger partial charge on any atom is 0.123 e. The molecule has 0 bridgehead atoms. The molecule has 2 N–H and O–H groups in total. The van der Waals surface area contributed by atoms with Crippen LogP contribution in [0.3, 0.4) is 0 Å². The number of ether oxygens (including phenoxy) is 1. The Bertz CT molecular complexity index is 355. The lowest BCUT2D eigenvalue weighted by Gasteiger charge is -2.32. The lowest BCUT2D eigenvalue weighted by molar-refractivity contribution is 0.259. The molecule has 2 rings (SSSR count). The molecule has 1 aromatic carbocycles. The minimum Gasteiger partial charge on any atom is -0.496 e. The van der Waals surface area contributed by atoms with Gasteiger partial charge in [-0.2, -0.15) is 0 Å². The van der Waals surface area contributed by atoms with Crippen LogP contribution >= 0.6 is 28.3 Å². The van der Waals surface area contributed by atoms with E-state index in [9.17, 15) is 0 Å². The predicted molar refractivity (Wildman–Crippen MR) is 72.2 cm³/mol. The summed E-state index contributed by atoms with van der Waals surface area (Å²) in [5.74, 6) is 1.53. The maximum atomic E-state index is 6.24. The van der Waals surface area contributed by atoms with Gasteiger partial charge in [0.15, 0.2) is 0 Å². The Morgan fingerprint density at radius 3 is 2.62 bits per heavy atom. The summed E-state index contributed by atoms with van der Waals surface area (Å²) in [7, 11) is 1.69. The molecule has 1 fully saturated rings. The number of rotatable bonds is 3. The van der Waals surface area contributed by atoms with Gasteiger partial charge in [0.2, 0.25) is 0 Å². The van der Waals surface area contributed by atoms with Crippen LogP contribution in [0.5, 0.6) is 5.75 Å². The van der Waals surface area contributed by atoms with E-state index >= 15 is 0 Å². The van der Waals surface area contributed by atoms with Gasteiger partial charge in [-0.1, -0.05) is 22.4 Å². The third kappa shape index (κ3) is 2.70. The molecule has 1 atom stereocenters. The molecule has 0 saturated heterocycles. The Kier molecular flexibility index (Phi) is 5.09. The van der Waals surface area contributed by atoms with Crippen molar-refractivity contribution in [3.05, 3.63) is 28.2 Å². The number of hydrogen-bond donors (Lipinski definition) is 1. The zero-order valence-electron chi connectivity index (χ0n) is 9.28. The Morgan fingerprint density at radius 1 is 1.44 bits per heavy atom. The molecule has 0 radical (unpaired) electrons. The van der Waals surface area contributed by atoms with Crippen molar-refractivity contribution in [1.82, 2.24) is 0 Å². The highest BCUT2D eigenvalue weighted by molar-refractivity contribution is 9.10. The second-order valence-corrected chi connectivity index (χ2v) is 5.02. The van der Waals surface area contributed by atoms with Gasteiger partial charge in [0.25, 0.3) is 0 Å². The number of halogens is 2. The fourth-order valence-electron chi connectivity index (χ4n) is 2.02. The standard InChI is InChI=1S/C12H16BrNO.ClH/c1-15-11-6-5-9(13)7-10(11)12(14)8-3-2-4-8;/h5-8,12H,2-4,14H2,1H3;1H/t12-;/m0./s1. The van der Waals surface area contributed by atoms with Crippen LogP contribution in [0.4, 0.5) is 0 Å². The van der Waals surface area contributed by atoms with Crippen molar-refractivity contribution in [3.63, 3.8) is 0 Å². The van der Waals surface area contributed by atoms with Gasteiger partial charge in [0, 0.05) is 16.1 Å². The van der Waals surface area contributed by atoms with Crippen molar-refractivity contribution < 1.29 is 4.74 Å². The highest BCUT2D eigenvalue weighted by Crippen LogP contribution is 2.39. The summed E-state index contributed by atoms with van der Waals surface area (Å²) in [5.41, 5.74) is 7.37. The summed E-state index contributed by atoms with van der Waals surface area (Å²) in [4.78, 5) is 0. The van der Waals surface area contributed by atoms with Crippen molar-refractivity contribution in [2.24, 2.45) is 11.7 Å². The molecule has 16 heavy (non-hydrogen) atoms. The highest BCUT2D eigenvalue weighted by atomic mass is 79.9. The quantitative estimate of drug-likeness (QED) is 0.924. The van der Waals surface area contributed by atoms with E-state index in [0.717, 1.165) is 15.8 Å². The first-order chi connectivity index (χ1) is 7.22. The second kappa shape index (κ2) is 5.89. The molecule has 1 saturated carbocycles. The lowest BCUT2D eigenvalue weighted by Crippen LogP contribution is -2.27.